The predicted molar refractivity (Wildman–Crippen MR) is 76.0 cm³/mol. The summed E-state index contributed by atoms with van der Waals surface area (Å²) in [4.78, 5) is 0. The number of hydrogen-bond acceptors (Lipinski definition) is 1. The Morgan fingerprint density at radius 1 is 0.778 bits per heavy atom. The van der Waals surface area contributed by atoms with E-state index in [1.165, 1.54) is 27.1 Å². The molecule has 0 spiro atoms. The summed E-state index contributed by atoms with van der Waals surface area (Å²) in [5.74, 6) is 0. The van der Waals surface area contributed by atoms with Crippen LogP contribution >= 0.6 is 0 Å². The molecule has 0 bridgehead atoms. The van der Waals surface area contributed by atoms with Gasteiger partial charge in [0.05, 0.1) is 0 Å². The molecule has 0 atom stereocenters. The number of para-hydroxylation sites is 1. The summed E-state index contributed by atoms with van der Waals surface area (Å²) in [6, 6.07) is 19.0. The first-order valence-corrected chi connectivity index (χ1v) is 6.14. The number of rotatable bonds is 0. The minimum atomic E-state index is 0.970. The molecule has 0 radical (unpaired) electrons. The van der Waals surface area contributed by atoms with Crippen LogP contribution in [0, 0.1) is 6.92 Å². The number of furan rings is 1. The summed E-state index contributed by atoms with van der Waals surface area (Å²) in [5.41, 5.74) is 3.16. The maximum Gasteiger partial charge on any atom is 0.138 e. The molecular formula is C17H12O. The van der Waals surface area contributed by atoms with E-state index in [0.717, 1.165) is 11.2 Å². The average molecular weight is 232 g/mol. The molecule has 3 aromatic carbocycles. The van der Waals surface area contributed by atoms with Gasteiger partial charge in [-0.2, -0.15) is 0 Å². The van der Waals surface area contributed by atoms with Crippen LogP contribution in [0.2, 0.25) is 0 Å². The molecule has 86 valence electrons. The van der Waals surface area contributed by atoms with Crippen molar-refractivity contribution in [1.82, 2.24) is 0 Å². The third-order valence-electron chi connectivity index (χ3n) is 3.58. The second-order valence-corrected chi connectivity index (χ2v) is 4.71. The Labute approximate surface area is 105 Å². The molecule has 0 aliphatic carbocycles. The third kappa shape index (κ3) is 1.16. The number of fused-ring (bicyclic) bond motifs is 5. The van der Waals surface area contributed by atoms with E-state index >= 15 is 0 Å². The number of benzene rings is 3. The Morgan fingerprint density at radius 3 is 2.56 bits per heavy atom. The van der Waals surface area contributed by atoms with Gasteiger partial charge in [-0.15, -0.1) is 0 Å². The normalized spacial score (nSPS) is 11.6. The van der Waals surface area contributed by atoms with Crippen molar-refractivity contribution in [3.8, 4) is 0 Å². The van der Waals surface area contributed by atoms with E-state index in [2.05, 4.69) is 61.5 Å². The maximum atomic E-state index is 5.99. The molecule has 1 aromatic heterocycles. The molecule has 1 nitrogen and oxygen atoms in total. The SMILES string of the molecule is Cc1cccc2c1oc1ccc3ccccc3c12. The van der Waals surface area contributed by atoms with Crippen molar-refractivity contribution in [3.63, 3.8) is 0 Å². The Balaban J connectivity index is 2.37. The van der Waals surface area contributed by atoms with E-state index < -0.39 is 0 Å². The summed E-state index contributed by atoms with van der Waals surface area (Å²) < 4.78 is 5.99. The first-order chi connectivity index (χ1) is 8.84. The highest BCUT2D eigenvalue weighted by molar-refractivity contribution is 6.19. The Hall–Kier alpha value is -2.28. The van der Waals surface area contributed by atoms with E-state index in [4.69, 9.17) is 4.42 Å². The van der Waals surface area contributed by atoms with Gasteiger partial charge in [0.2, 0.25) is 0 Å². The molecule has 0 aliphatic heterocycles. The highest BCUT2D eigenvalue weighted by Gasteiger charge is 2.10. The van der Waals surface area contributed by atoms with Crippen LogP contribution in [0.1, 0.15) is 5.56 Å². The van der Waals surface area contributed by atoms with Crippen LogP contribution < -0.4 is 0 Å². The van der Waals surface area contributed by atoms with Crippen LogP contribution in [0.4, 0.5) is 0 Å². The van der Waals surface area contributed by atoms with Gasteiger partial charge in [0.1, 0.15) is 11.2 Å². The molecule has 18 heavy (non-hydrogen) atoms. The van der Waals surface area contributed by atoms with Gasteiger partial charge in [0, 0.05) is 10.8 Å². The summed E-state index contributed by atoms with van der Waals surface area (Å²) in [5, 5.41) is 4.96. The summed E-state index contributed by atoms with van der Waals surface area (Å²) >= 11 is 0. The van der Waals surface area contributed by atoms with Crippen molar-refractivity contribution < 1.29 is 4.42 Å². The van der Waals surface area contributed by atoms with E-state index in [0.29, 0.717) is 0 Å². The molecule has 1 heterocycles. The van der Waals surface area contributed by atoms with Crippen molar-refractivity contribution in [1.29, 1.82) is 0 Å². The molecule has 0 saturated carbocycles. The van der Waals surface area contributed by atoms with Crippen LogP contribution in [0.15, 0.2) is 59.0 Å². The molecule has 4 rings (SSSR count). The fraction of sp³-hybridized carbons (Fsp3) is 0.0588. The Kier molecular flexibility index (Phi) is 1.81. The molecule has 0 amide bonds. The van der Waals surface area contributed by atoms with Crippen LogP contribution in [0.5, 0.6) is 0 Å². The molecule has 1 heteroatoms. The van der Waals surface area contributed by atoms with Crippen LogP contribution in [0.25, 0.3) is 32.7 Å². The minimum Gasteiger partial charge on any atom is -0.456 e. The molecular weight excluding hydrogens is 220 g/mol. The molecule has 4 aromatic rings. The lowest BCUT2D eigenvalue weighted by Crippen LogP contribution is -1.74. The third-order valence-corrected chi connectivity index (χ3v) is 3.58. The second kappa shape index (κ2) is 3.36. The first kappa shape index (κ1) is 9.72. The highest BCUT2D eigenvalue weighted by Crippen LogP contribution is 2.35. The standard InChI is InChI=1S/C17H12O/c1-11-5-4-8-14-16-13-7-3-2-6-12(13)9-10-15(16)18-17(11)14/h2-10H,1H3. The minimum absolute atomic E-state index is 0.970. The molecule has 0 N–H and O–H groups in total. The zero-order chi connectivity index (χ0) is 12.1. The van der Waals surface area contributed by atoms with Gasteiger partial charge in [0.15, 0.2) is 0 Å². The predicted octanol–water partition coefficient (Wildman–Crippen LogP) is 5.05. The van der Waals surface area contributed by atoms with E-state index in [1.807, 2.05) is 0 Å². The lowest BCUT2D eigenvalue weighted by molar-refractivity contribution is 0.666. The molecule has 0 unspecified atom stereocenters. The van der Waals surface area contributed by atoms with Gasteiger partial charge in [-0.3, -0.25) is 0 Å². The second-order valence-electron chi connectivity index (χ2n) is 4.71. The van der Waals surface area contributed by atoms with Crippen molar-refractivity contribution in [2.45, 2.75) is 6.92 Å². The zero-order valence-corrected chi connectivity index (χ0v) is 10.1. The van der Waals surface area contributed by atoms with Gasteiger partial charge < -0.3 is 4.42 Å². The first-order valence-electron chi connectivity index (χ1n) is 6.14. The highest BCUT2D eigenvalue weighted by atomic mass is 16.3. The quantitative estimate of drug-likeness (QED) is 0.413. The van der Waals surface area contributed by atoms with Crippen LogP contribution in [0.3, 0.4) is 0 Å². The van der Waals surface area contributed by atoms with E-state index in [-0.39, 0.29) is 0 Å². The van der Waals surface area contributed by atoms with Gasteiger partial charge in [0.25, 0.3) is 0 Å². The van der Waals surface area contributed by atoms with Crippen molar-refractivity contribution >= 4 is 32.7 Å². The lowest BCUT2D eigenvalue weighted by atomic mass is 10.0. The smallest absolute Gasteiger partial charge is 0.138 e. The van der Waals surface area contributed by atoms with Crippen LogP contribution in [-0.4, -0.2) is 0 Å². The molecule has 0 fully saturated rings. The van der Waals surface area contributed by atoms with Gasteiger partial charge in [-0.25, -0.2) is 0 Å². The summed E-state index contributed by atoms with van der Waals surface area (Å²) in [6.07, 6.45) is 0. The van der Waals surface area contributed by atoms with Gasteiger partial charge in [-0.05, 0) is 29.3 Å². The van der Waals surface area contributed by atoms with E-state index in [1.54, 1.807) is 0 Å². The van der Waals surface area contributed by atoms with Crippen molar-refractivity contribution in [2.75, 3.05) is 0 Å². The maximum absolute atomic E-state index is 5.99. The summed E-state index contributed by atoms with van der Waals surface area (Å²) in [6.45, 7) is 2.09. The lowest BCUT2D eigenvalue weighted by Gasteiger charge is -1.98. The Morgan fingerprint density at radius 2 is 1.61 bits per heavy atom. The largest absolute Gasteiger partial charge is 0.456 e. The monoisotopic (exact) mass is 232 g/mol. The Bertz CT molecular complexity index is 884. The van der Waals surface area contributed by atoms with Gasteiger partial charge >= 0.3 is 0 Å². The van der Waals surface area contributed by atoms with Crippen molar-refractivity contribution in [3.05, 3.63) is 60.2 Å². The number of hydrogen-bond donors (Lipinski definition) is 0. The number of aryl methyl sites for hydroxylation is 1. The summed E-state index contributed by atoms with van der Waals surface area (Å²) in [7, 11) is 0. The fourth-order valence-electron chi connectivity index (χ4n) is 2.71. The van der Waals surface area contributed by atoms with Gasteiger partial charge in [-0.1, -0.05) is 48.5 Å². The van der Waals surface area contributed by atoms with Crippen molar-refractivity contribution in [2.24, 2.45) is 0 Å². The molecule has 0 aliphatic rings. The molecule has 0 saturated heterocycles. The fourth-order valence-corrected chi connectivity index (χ4v) is 2.71. The average Bonchev–Trinajstić information content (AvgIpc) is 2.79. The topological polar surface area (TPSA) is 13.1 Å². The van der Waals surface area contributed by atoms with E-state index in [9.17, 15) is 0 Å². The van der Waals surface area contributed by atoms with Crippen LogP contribution in [-0.2, 0) is 0 Å². The zero-order valence-electron chi connectivity index (χ0n) is 10.1.